The quantitative estimate of drug-likeness (QED) is 0.812. The van der Waals surface area contributed by atoms with E-state index in [1.165, 1.54) is 24.3 Å². The molecule has 0 bridgehead atoms. The zero-order valence-corrected chi connectivity index (χ0v) is 14.9. The molecule has 1 amide bonds. The molecule has 2 unspecified atom stereocenters. The van der Waals surface area contributed by atoms with Crippen molar-refractivity contribution < 1.29 is 26.4 Å². The van der Waals surface area contributed by atoms with Gasteiger partial charge in [-0.2, -0.15) is 13.2 Å². The largest absolute Gasteiger partial charge is 0.391 e. The van der Waals surface area contributed by atoms with Crippen LogP contribution in [0.15, 0.2) is 29.2 Å². The highest BCUT2D eigenvalue weighted by Crippen LogP contribution is 2.37. The van der Waals surface area contributed by atoms with Gasteiger partial charge in [0.05, 0.1) is 10.8 Å². The van der Waals surface area contributed by atoms with Crippen LogP contribution in [-0.4, -0.2) is 32.6 Å². The Kier molecular flexibility index (Phi) is 5.30. The molecule has 2 aliphatic rings. The minimum Gasteiger partial charge on any atom is -0.349 e. The number of benzene rings is 1. The normalized spacial score (nSPS) is 24.3. The van der Waals surface area contributed by atoms with Crippen LogP contribution in [0.5, 0.6) is 0 Å². The Labute approximate surface area is 150 Å². The minimum absolute atomic E-state index is 0.0196. The SMILES string of the molecule is O=C(NC1CCCC(C(F)(F)F)C1)c1cccc(S(=O)(=O)NC2CC2)c1. The third kappa shape index (κ3) is 4.76. The number of amides is 1. The topological polar surface area (TPSA) is 75.3 Å². The Morgan fingerprint density at radius 1 is 1.08 bits per heavy atom. The summed E-state index contributed by atoms with van der Waals surface area (Å²) in [6.07, 6.45) is -1.85. The molecule has 0 aliphatic heterocycles. The van der Waals surface area contributed by atoms with Crippen LogP contribution >= 0.6 is 0 Å². The molecule has 0 saturated heterocycles. The molecule has 1 aromatic rings. The van der Waals surface area contributed by atoms with Gasteiger partial charge in [0.25, 0.3) is 5.91 Å². The molecule has 0 spiro atoms. The van der Waals surface area contributed by atoms with Crippen molar-refractivity contribution in [3.05, 3.63) is 29.8 Å². The zero-order chi connectivity index (χ0) is 18.9. The molecule has 0 heterocycles. The summed E-state index contributed by atoms with van der Waals surface area (Å²) < 4.78 is 65.6. The lowest BCUT2D eigenvalue weighted by atomic mass is 9.85. The number of alkyl halides is 3. The van der Waals surface area contributed by atoms with Gasteiger partial charge in [-0.1, -0.05) is 12.5 Å². The van der Waals surface area contributed by atoms with Crippen LogP contribution in [0, 0.1) is 5.92 Å². The first kappa shape index (κ1) is 19.2. The lowest BCUT2D eigenvalue weighted by Crippen LogP contribution is -2.41. The monoisotopic (exact) mass is 390 g/mol. The number of sulfonamides is 1. The molecular formula is C17H21F3N2O3S. The maximum absolute atomic E-state index is 12.9. The molecule has 2 fully saturated rings. The highest BCUT2D eigenvalue weighted by molar-refractivity contribution is 7.89. The van der Waals surface area contributed by atoms with Gasteiger partial charge < -0.3 is 5.32 Å². The fraction of sp³-hybridized carbons (Fsp3) is 0.588. The van der Waals surface area contributed by atoms with Crippen molar-refractivity contribution in [2.45, 2.75) is 61.7 Å². The Morgan fingerprint density at radius 2 is 1.81 bits per heavy atom. The summed E-state index contributed by atoms with van der Waals surface area (Å²) in [5.74, 6) is -1.96. The molecule has 0 aromatic heterocycles. The Hall–Kier alpha value is -1.61. The molecule has 26 heavy (non-hydrogen) atoms. The number of rotatable bonds is 5. The van der Waals surface area contributed by atoms with Crippen molar-refractivity contribution in [2.24, 2.45) is 5.92 Å². The van der Waals surface area contributed by atoms with E-state index < -0.39 is 34.1 Å². The fourth-order valence-corrected chi connectivity index (χ4v) is 4.53. The summed E-state index contributed by atoms with van der Waals surface area (Å²) in [6.45, 7) is 0. The number of hydrogen-bond acceptors (Lipinski definition) is 3. The van der Waals surface area contributed by atoms with Crippen LogP contribution in [0.4, 0.5) is 13.2 Å². The highest BCUT2D eigenvalue weighted by atomic mass is 32.2. The van der Waals surface area contributed by atoms with Gasteiger partial charge in [0.1, 0.15) is 0 Å². The fourth-order valence-electron chi connectivity index (χ4n) is 3.18. The molecule has 2 atom stereocenters. The lowest BCUT2D eigenvalue weighted by Gasteiger charge is -2.31. The number of hydrogen-bond donors (Lipinski definition) is 2. The van der Waals surface area contributed by atoms with Gasteiger partial charge in [-0.25, -0.2) is 13.1 Å². The molecular weight excluding hydrogens is 369 g/mol. The Balaban J connectivity index is 1.67. The molecule has 2 saturated carbocycles. The summed E-state index contributed by atoms with van der Waals surface area (Å²) >= 11 is 0. The molecule has 9 heteroatoms. The van der Waals surface area contributed by atoms with E-state index in [1.54, 1.807) is 0 Å². The van der Waals surface area contributed by atoms with Crippen molar-refractivity contribution in [3.63, 3.8) is 0 Å². The van der Waals surface area contributed by atoms with E-state index in [9.17, 15) is 26.4 Å². The molecule has 0 radical (unpaired) electrons. The summed E-state index contributed by atoms with van der Waals surface area (Å²) in [5, 5.41) is 2.61. The summed E-state index contributed by atoms with van der Waals surface area (Å²) in [4.78, 5) is 12.4. The lowest BCUT2D eigenvalue weighted by molar-refractivity contribution is -0.183. The van der Waals surface area contributed by atoms with Crippen LogP contribution in [0.2, 0.25) is 0 Å². The second-order valence-corrected chi connectivity index (χ2v) is 8.71. The van der Waals surface area contributed by atoms with E-state index in [0.29, 0.717) is 12.8 Å². The number of carbonyl (C=O) groups excluding carboxylic acids is 1. The predicted octanol–water partition coefficient (Wildman–Crippen LogP) is 2.98. The van der Waals surface area contributed by atoms with Crippen LogP contribution < -0.4 is 10.0 Å². The summed E-state index contributed by atoms with van der Waals surface area (Å²) in [6, 6.07) is 4.93. The summed E-state index contributed by atoms with van der Waals surface area (Å²) in [7, 11) is -3.69. The van der Waals surface area contributed by atoms with E-state index in [4.69, 9.17) is 0 Å². The van der Waals surface area contributed by atoms with Crippen molar-refractivity contribution in [3.8, 4) is 0 Å². The van der Waals surface area contributed by atoms with E-state index in [0.717, 1.165) is 12.8 Å². The van der Waals surface area contributed by atoms with Gasteiger partial charge in [-0.15, -0.1) is 0 Å². The van der Waals surface area contributed by atoms with Crippen LogP contribution in [-0.2, 0) is 10.0 Å². The molecule has 2 aliphatic carbocycles. The van der Waals surface area contributed by atoms with Gasteiger partial charge in [0.2, 0.25) is 10.0 Å². The predicted molar refractivity (Wildman–Crippen MR) is 89.1 cm³/mol. The Bertz CT molecular complexity index is 776. The van der Waals surface area contributed by atoms with Gasteiger partial charge in [0, 0.05) is 17.6 Å². The van der Waals surface area contributed by atoms with Crippen molar-refractivity contribution >= 4 is 15.9 Å². The van der Waals surface area contributed by atoms with Crippen molar-refractivity contribution in [1.29, 1.82) is 0 Å². The third-order valence-corrected chi connectivity index (χ3v) is 6.30. The second kappa shape index (κ2) is 7.19. The van der Waals surface area contributed by atoms with E-state index in [2.05, 4.69) is 10.0 Å². The summed E-state index contributed by atoms with van der Waals surface area (Å²) in [5.41, 5.74) is 0.123. The van der Waals surface area contributed by atoms with Crippen molar-refractivity contribution in [1.82, 2.24) is 10.0 Å². The van der Waals surface area contributed by atoms with Crippen LogP contribution in [0.25, 0.3) is 0 Å². The van der Waals surface area contributed by atoms with Gasteiger partial charge >= 0.3 is 6.18 Å². The van der Waals surface area contributed by atoms with Crippen molar-refractivity contribution in [2.75, 3.05) is 0 Å². The number of halogens is 3. The first-order valence-electron chi connectivity index (χ1n) is 8.65. The average molecular weight is 390 g/mol. The maximum atomic E-state index is 12.9. The average Bonchev–Trinajstić information content (AvgIpc) is 3.38. The molecule has 5 nitrogen and oxygen atoms in total. The standard InChI is InChI=1S/C17H21F3N2O3S/c18-17(19,20)12-4-2-5-14(10-12)21-16(23)11-3-1-6-15(9-11)26(24,25)22-13-7-8-13/h1,3,6,9,12-14,22H,2,4-5,7-8,10H2,(H,21,23). The third-order valence-electron chi connectivity index (χ3n) is 4.78. The number of carbonyl (C=O) groups is 1. The highest BCUT2D eigenvalue weighted by Gasteiger charge is 2.42. The van der Waals surface area contributed by atoms with Gasteiger partial charge in [-0.05, 0) is 50.3 Å². The zero-order valence-electron chi connectivity index (χ0n) is 14.1. The Morgan fingerprint density at radius 3 is 2.46 bits per heavy atom. The van der Waals surface area contributed by atoms with E-state index in [-0.39, 0.29) is 29.3 Å². The molecule has 1 aromatic carbocycles. The maximum Gasteiger partial charge on any atom is 0.391 e. The first-order chi connectivity index (χ1) is 12.1. The molecule has 3 rings (SSSR count). The van der Waals surface area contributed by atoms with Gasteiger partial charge in [0.15, 0.2) is 0 Å². The second-order valence-electron chi connectivity index (χ2n) is 7.00. The van der Waals surface area contributed by atoms with Crippen LogP contribution in [0.1, 0.15) is 48.9 Å². The number of nitrogens with one attached hydrogen (secondary N) is 2. The molecule has 144 valence electrons. The van der Waals surface area contributed by atoms with E-state index >= 15 is 0 Å². The van der Waals surface area contributed by atoms with Crippen LogP contribution in [0.3, 0.4) is 0 Å². The van der Waals surface area contributed by atoms with E-state index in [1.807, 2.05) is 0 Å². The smallest absolute Gasteiger partial charge is 0.349 e. The first-order valence-corrected chi connectivity index (χ1v) is 10.1. The molecule has 2 N–H and O–H groups in total. The van der Waals surface area contributed by atoms with Gasteiger partial charge in [-0.3, -0.25) is 4.79 Å². The minimum atomic E-state index is -4.26.